The molecule has 3 aromatic rings. The monoisotopic (exact) mass is 343 g/mol. The molecule has 0 aliphatic carbocycles. The Morgan fingerprint density at radius 2 is 1.68 bits per heavy atom. The van der Waals surface area contributed by atoms with Gasteiger partial charge in [-0.3, -0.25) is 4.79 Å². The van der Waals surface area contributed by atoms with Crippen LogP contribution in [-0.2, 0) is 11.2 Å². The number of halogens is 2. The maximum Gasteiger partial charge on any atom is 0.225 e. The number of hydrogen-bond acceptors (Lipinski definition) is 4. The summed E-state index contributed by atoms with van der Waals surface area (Å²) in [6.45, 7) is 3.57. The highest BCUT2D eigenvalue weighted by Crippen LogP contribution is 2.29. The third-order valence-electron chi connectivity index (χ3n) is 3.58. The third-order valence-corrected chi connectivity index (χ3v) is 3.58. The lowest BCUT2D eigenvalue weighted by Gasteiger charge is -2.08. The fourth-order valence-corrected chi connectivity index (χ4v) is 2.60. The number of furan rings is 1. The van der Waals surface area contributed by atoms with Crippen molar-refractivity contribution < 1.29 is 18.0 Å². The van der Waals surface area contributed by atoms with Gasteiger partial charge in [-0.15, -0.1) is 0 Å². The smallest absolute Gasteiger partial charge is 0.225 e. The molecule has 0 atom stereocenters. The van der Waals surface area contributed by atoms with E-state index in [9.17, 15) is 13.6 Å². The second kappa shape index (κ2) is 6.43. The van der Waals surface area contributed by atoms with E-state index >= 15 is 0 Å². The molecule has 0 fully saturated rings. The molecule has 3 rings (SSSR count). The first-order valence-electron chi connectivity index (χ1n) is 7.52. The topological polar surface area (TPSA) is 82.0 Å². The Kier molecular flexibility index (Phi) is 4.31. The molecule has 0 bridgehead atoms. The number of benzene rings is 1. The maximum absolute atomic E-state index is 13.5. The number of carbonyl (C=O) groups excluding carboxylic acids is 1. The van der Waals surface area contributed by atoms with Crippen LogP contribution in [0.5, 0.6) is 0 Å². The molecule has 0 spiro atoms. The van der Waals surface area contributed by atoms with Gasteiger partial charge in [0.15, 0.2) is 0 Å². The Hall–Kier alpha value is -3.09. The van der Waals surface area contributed by atoms with Crippen molar-refractivity contribution in [2.24, 2.45) is 5.73 Å². The number of aromatic nitrogens is 2. The third kappa shape index (κ3) is 3.71. The minimum atomic E-state index is -0.720. The number of rotatable bonds is 4. The lowest BCUT2D eigenvalue weighted by Crippen LogP contribution is -2.16. The number of carbonyl (C=O) groups is 1. The minimum absolute atomic E-state index is 0.169. The highest BCUT2D eigenvalue weighted by Gasteiger charge is 2.15. The van der Waals surface area contributed by atoms with Gasteiger partial charge in [0, 0.05) is 17.2 Å². The molecule has 2 N–H and O–H groups in total. The van der Waals surface area contributed by atoms with E-state index in [0.717, 1.165) is 18.2 Å². The lowest BCUT2D eigenvalue weighted by molar-refractivity contribution is -0.117. The quantitative estimate of drug-likeness (QED) is 0.788. The van der Waals surface area contributed by atoms with Gasteiger partial charge in [0.25, 0.3) is 0 Å². The highest BCUT2D eigenvalue weighted by atomic mass is 19.1. The van der Waals surface area contributed by atoms with E-state index in [-0.39, 0.29) is 23.5 Å². The summed E-state index contributed by atoms with van der Waals surface area (Å²) in [4.78, 5) is 19.8. The van der Waals surface area contributed by atoms with E-state index in [1.807, 2.05) is 0 Å². The van der Waals surface area contributed by atoms with Crippen molar-refractivity contribution in [3.8, 4) is 22.5 Å². The molecule has 25 heavy (non-hydrogen) atoms. The molecule has 1 aromatic carbocycles. The molecule has 7 heteroatoms. The molecular weight excluding hydrogens is 328 g/mol. The lowest BCUT2D eigenvalue weighted by atomic mass is 10.1. The standard InChI is InChI=1S/C18H15F2N3O2/c1-9-3-14(10(2)25-9)16-7-15(22-18(23-16)8-17(21)24)11-4-12(19)6-13(20)5-11/h3-7H,8H2,1-2H3,(H2,21,24). The molecule has 0 aliphatic rings. The summed E-state index contributed by atoms with van der Waals surface area (Å²) in [7, 11) is 0. The average molecular weight is 343 g/mol. The molecule has 0 radical (unpaired) electrons. The van der Waals surface area contributed by atoms with Crippen LogP contribution in [0, 0.1) is 25.5 Å². The van der Waals surface area contributed by atoms with Crippen LogP contribution in [0.25, 0.3) is 22.5 Å². The molecule has 0 aliphatic heterocycles. The molecule has 0 saturated carbocycles. The second-order valence-electron chi connectivity index (χ2n) is 5.68. The SMILES string of the molecule is Cc1cc(-c2cc(-c3cc(F)cc(F)c3)nc(CC(N)=O)n2)c(C)o1. The zero-order valence-electron chi connectivity index (χ0n) is 13.6. The average Bonchev–Trinajstić information content (AvgIpc) is 2.84. The second-order valence-corrected chi connectivity index (χ2v) is 5.68. The number of nitrogens with two attached hydrogens (primary N) is 1. The van der Waals surface area contributed by atoms with Gasteiger partial charge in [-0.1, -0.05) is 0 Å². The van der Waals surface area contributed by atoms with Crippen LogP contribution in [0.2, 0.25) is 0 Å². The van der Waals surface area contributed by atoms with E-state index in [4.69, 9.17) is 10.2 Å². The highest BCUT2D eigenvalue weighted by molar-refractivity contribution is 5.76. The summed E-state index contributed by atoms with van der Waals surface area (Å²) >= 11 is 0. The van der Waals surface area contributed by atoms with Crippen LogP contribution < -0.4 is 5.73 Å². The van der Waals surface area contributed by atoms with Crippen molar-refractivity contribution in [3.05, 3.63) is 59.3 Å². The first kappa shape index (κ1) is 16.8. The van der Waals surface area contributed by atoms with Crippen molar-refractivity contribution in [2.45, 2.75) is 20.3 Å². The molecule has 2 aromatic heterocycles. The van der Waals surface area contributed by atoms with Crippen molar-refractivity contribution >= 4 is 5.91 Å². The summed E-state index contributed by atoms with van der Waals surface area (Å²) in [5.74, 6) is -0.543. The van der Waals surface area contributed by atoms with Gasteiger partial charge >= 0.3 is 0 Å². The van der Waals surface area contributed by atoms with Crippen molar-refractivity contribution in [2.75, 3.05) is 0 Å². The fourth-order valence-electron chi connectivity index (χ4n) is 2.60. The predicted octanol–water partition coefficient (Wildman–Crippen LogP) is 3.33. The molecular formula is C18H15F2N3O2. The molecule has 0 saturated heterocycles. The number of aryl methyl sites for hydroxylation is 2. The van der Waals surface area contributed by atoms with Gasteiger partial charge in [-0.2, -0.15) is 0 Å². The number of nitrogens with zero attached hydrogens (tertiary/aromatic N) is 2. The Bertz CT molecular complexity index is 947. The summed E-state index contributed by atoms with van der Waals surface area (Å²) < 4.78 is 32.6. The number of amides is 1. The predicted molar refractivity (Wildman–Crippen MR) is 87.5 cm³/mol. The normalized spacial score (nSPS) is 10.9. The molecule has 5 nitrogen and oxygen atoms in total. The number of hydrogen-bond donors (Lipinski definition) is 1. The molecule has 2 heterocycles. The summed E-state index contributed by atoms with van der Waals surface area (Å²) in [5.41, 5.74) is 6.96. The van der Waals surface area contributed by atoms with E-state index < -0.39 is 17.5 Å². The van der Waals surface area contributed by atoms with E-state index in [0.29, 0.717) is 22.8 Å². The Morgan fingerprint density at radius 1 is 1.04 bits per heavy atom. The zero-order chi connectivity index (χ0) is 18.1. The summed E-state index contributed by atoms with van der Waals surface area (Å²) in [5, 5.41) is 0. The van der Waals surface area contributed by atoms with Gasteiger partial charge in [-0.25, -0.2) is 18.7 Å². The van der Waals surface area contributed by atoms with Crippen molar-refractivity contribution in [1.82, 2.24) is 9.97 Å². The van der Waals surface area contributed by atoms with Crippen molar-refractivity contribution in [3.63, 3.8) is 0 Å². The first-order valence-corrected chi connectivity index (χ1v) is 7.52. The van der Waals surface area contributed by atoms with E-state index in [1.54, 1.807) is 26.0 Å². The Labute approximate surface area is 142 Å². The summed E-state index contributed by atoms with van der Waals surface area (Å²) in [6, 6.07) is 6.49. The van der Waals surface area contributed by atoms with Crippen LogP contribution in [0.15, 0.2) is 34.7 Å². The van der Waals surface area contributed by atoms with Gasteiger partial charge in [0.1, 0.15) is 29.0 Å². The number of primary amides is 1. The molecule has 1 amide bonds. The largest absolute Gasteiger partial charge is 0.466 e. The van der Waals surface area contributed by atoms with Crippen LogP contribution in [0.3, 0.4) is 0 Å². The van der Waals surface area contributed by atoms with Crippen LogP contribution in [0.1, 0.15) is 17.3 Å². The minimum Gasteiger partial charge on any atom is -0.466 e. The van der Waals surface area contributed by atoms with E-state index in [1.165, 1.54) is 0 Å². The van der Waals surface area contributed by atoms with Crippen molar-refractivity contribution in [1.29, 1.82) is 0 Å². The maximum atomic E-state index is 13.5. The molecule has 0 unspecified atom stereocenters. The van der Waals surface area contributed by atoms with Crippen LogP contribution in [0.4, 0.5) is 8.78 Å². The van der Waals surface area contributed by atoms with Gasteiger partial charge < -0.3 is 10.2 Å². The Balaban J connectivity index is 2.19. The van der Waals surface area contributed by atoms with Gasteiger partial charge in [0.2, 0.25) is 5.91 Å². The first-order chi connectivity index (χ1) is 11.8. The van der Waals surface area contributed by atoms with Gasteiger partial charge in [-0.05, 0) is 38.1 Å². The fraction of sp³-hybridized carbons (Fsp3) is 0.167. The van der Waals surface area contributed by atoms with Crippen LogP contribution >= 0.6 is 0 Å². The van der Waals surface area contributed by atoms with Gasteiger partial charge in [0.05, 0.1) is 17.8 Å². The summed E-state index contributed by atoms with van der Waals surface area (Å²) in [6.07, 6.45) is -0.186. The van der Waals surface area contributed by atoms with Crippen LogP contribution in [-0.4, -0.2) is 15.9 Å². The zero-order valence-corrected chi connectivity index (χ0v) is 13.6. The van der Waals surface area contributed by atoms with E-state index in [2.05, 4.69) is 9.97 Å². The Morgan fingerprint density at radius 3 is 2.24 bits per heavy atom. The molecule has 128 valence electrons.